The van der Waals surface area contributed by atoms with Crippen LogP contribution in [0.4, 0.5) is 0 Å². The van der Waals surface area contributed by atoms with Crippen LogP contribution in [-0.4, -0.2) is 27.9 Å². The summed E-state index contributed by atoms with van der Waals surface area (Å²) < 4.78 is 0. The van der Waals surface area contributed by atoms with Gasteiger partial charge in [-0.05, 0) is 6.42 Å². The van der Waals surface area contributed by atoms with Gasteiger partial charge in [-0.2, -0.15) is 0 Å². The minimum Gasteiger partial charge on any atom is -0.481 e. The van der Waals surface area contributed by atoms with Gasteiger partial charge in [0, 0.05) is 0 Å². The average Bonchev–Trinajstić information content (AvgIpc) is 2.10. The number of Topliss-reactive ketones (excluding diaryl/α,β-unsaturated/α-hetero) is 1. The molecule has 0 aromatic carbocycles. The van der Waals surface area contributed by atoms with Crippen LogP contribution in [-0.2, 0) is 14.4 Å². The highest BCUT2D eigenvalue weighted by molar-refractivity contribution is 6.36. The maximum atomic E-state index is 10.9. The minimum atomic E-state index is -1.67. The van der Waals surface area contributed by atoms with E-state index in [4.69, 9.17) is 10.2 Å². The molecular weight excluding hydrogens is 188 g/mol. The molecule has 0 aromatic rings. The molecule has 5 heteroatoms. The van der Waals surface area contributed by atoms with Crippen LogP contribution in [0.3, 0.4) is 0 Å². The van der Waals surface area contributed by atoms with Crippen LogP contribution >= 0.6 is 0 Å². The second kappa shape index (κ2) is 6.12. The summed E-state index contributed by atoms with van der Waals surface area (Å²) in [6.45, 7) is 1.94. The van der Waals surface area contributed by atoms with Crippen molar-refractivity contribution in [1.82, 2.24) is 0 Å². The number of carboxylic acids is 2. The number of rotatable bonds is 7. The van der Waals surface area contributed by atoms with Gasteiger partial charge in [-0.25, -0.2) is 4.79 Å². The Morgan fingerprint density at radius 1 is 1.14 bits per heavy atom. The Kier molecular flexibility index (Phi) is 5.52. The number of carbonyl (C=O) groups excluding carboxylic acids is 1. The first kappa shape index (κ1) is 12.6. The fourth-order valence-corrected chi connectivity index (χ4v) is 1.11. The van der Waals surface area contributed by atoms with Crippen LogP contribution in [0.25, 0.3) is 0 Å². The van der Waals surface area contributed by atoms with E-state index in [1.165, 1.54) is 0 Å². The van der Waals surface area contributed by atoms with E-state index in [2.05, 4.69) is 0 Å². The predicted octanol–water partition coefficient (Wildman–Crippen LogP) is 0.921. The molecule has 80 valence electrons. The summed E-state index contributed by atoms with van der Waals surface area (Å²) in [5.41, 5.74) is 0. The summed E-state index contributed by atoms with van der Waals surface area (Å²) in [5.74, 6) is -5.64. The van der Waals surface area contributed by atoms with Gasteiger partial charge in [0.25, 0.3) is 5.78 Å². The molecule has 0 fully saturated rings. The summed E-state index contributed by atoms with van der Waals surface area (Å²) in [5, 5.41) is 17.0. The van der Waals surface area contributed by atoms with Crippen molar-refractivity contribution in [2.24, 2.45) is 5.92 Å². The van der Waals surface area contributed by atoms with Gasteiger partial charge >= 0.3 is 11.9 Å². The van der Waals surface area contributed by atoms with E-state index in [9.17, 15) is 14.4 Å². The summed E-state index contributed by atoms with van der Waals surface area (Å²) in [4.78, 5) is 31.7. The van der Waals surface area contributed by atoms with Gasteiger partial charge in [0.05, 0.1) is 0 Å². The molecule has 0 aliphatic rings. The lowest BCUT2D eigenvalue weighted by atomic mass is 9.97. The van der Waals surface area contributed by atoms with Crippen molar-refractivity contribution in [2.45, 2.75) is 32.6 Å². The van der Waals surface area contributed by atoms with E-state index in [0.29, 0.717) is 6.42 Å². The third-order valence-corrected chi connectivity index (χ3v) is 1.92. The van der Waals surface area contributed by atoms with Gasteiger partial charge in [-0.1, -0.05) is 26.2 Å². The number of hydrogen-bond acceptors (Lipinski definition) is 3. The SMILES string of the molecule is CCCCCC(C(=O)O)C(=O)C(=O)O. The first-order valence-corrected chi connectivity index (χ1v) is 4.50. The standard InChI is InChI=1S/C9H14O5/c1-2-3-4-5-6(8(11)12)7(10)9(13)14/h6H,2-5H2,1H3,(H,11,12)(H,13,14). The number of unbranched alkanes of at least 4 members (excludes halogenated alkanes) is 2. The lowest BCUT2D eigenvalue weighted by molar-refractivity contribution is -0.157. The number of ketones is 1. The quantitative estimate of drug-likeness (QED) is 0.364. The van der Waals surface area contributed by atoms with Crippen LogP contribution in [0.15, 0.2) is 0 Å². The molecule has 0 aliphatic carbocycles. The maximum Gasteiger partial charge on any atom is 0.373 e. The number of carbonyl (C=O) groups is 3. The molecule has 0 rings (SSSR count). The highest BCUT2D eigenvalue weighted by Crippen LogP contribution is 2.11. The van der Waals surface area contributed by atoms with Crippen LogP contribution in [0.1, 0.15) is 32.6 Å². The van der Waals surface area contributed by atoms with Crippen molar-refractivity contribution in [3.05, 3.63) is 0 Å². The van der Waals surface area contributed by atoms with Gasteiger partial charge < -0.3 is 10.2 Å². The lowest BCUT2D eigenvalue weighted by Gasteiger charge is -2.07. The lowest BCUT2D eigenvalue weighted by Crippen LogP contribution is -2.29. The molecule has 1 atom stereocenters. The van der Waals surface area contributed by atoms with Gasteiger partial charge in [-0.15, -0.1) is 0 Å². The zero-order valence-electron chi connectivity index (χ0n) is 8.02. The fourth-order valence-electron chi connectivity index (χ4n) is 1.11. The normalized spacial score (nSPS) is 12.1. The summed E-state index contributed by atoms with van der Waals surface area (Å²) in [6.07, 6.45) is 2.37. The second-order valence-electron chi connectivity index (χ2n) is 3.06. The molecular formula is C9H14O5. The summed E-state index contributed by atoms with van der Waals surface area (Å²) in [7, 11) is 0. The number of carboxylic acid groups (broad SMARTS) is 2. The van der Waals surface area contributed by atoms with E-state index in [-0.39, 0.29) is 6.42 Å². The Morgan fingerprint density at radius 2 is 1.71 bits per heavy atom. The first-order chi connectivity index (χ1) is 6.50. The van der Waals surface area contributed by atoms with E-state index in [0.717, 1.165) is 12.8 Å². The molecule has 0 aromatic heterocycles. The average molecular weight is 202 g/mol. The van der Waals surface area contributed by atoms with Crippen LogP contribution < -0.4 is 0 Å². The smallest absolute Gasteiger partial charge is 0.373 e. The van der Waals surface area contributed by atoms with Crippen LogP contribution in [0, 0.1) is 5.92 Å². The van der Waals surface area contributed by atoms with Gasteiger partial charge in [0.1, 0.15) is 5.92 Å². The molecule has 0 aliphatic heterocycles. The maximum absolute atomic E-state index is 10.9. The van der Waals surface area contributed by atoms with Crippen LogP contribution in [0.2, 0.25) is 0 Å². The van der Waals surface area contributed by atoms with E-state index >= 15 is 0 Å². The Balaban J connectivity index is 4.23. The fraction of sp³-hybridized carbons (Fsp3) is 0.667. The molecule has 0 spiro atoms. The Bertz CT molecular complexity index is 233. The molecule has 0 heterocycles. The molecule has 0 saturated heterocycles. The number of hydrogen-bond donors (Lipinski definition) is 2. The van der Waals surface area contributed by atoms with E-state index in [1.807, 2.05) is 6.92 Å². The molecule has 1 unspecified atom stereocenters. The van der Waals surface area contributed by atoms with Crippen molar-refractivity contribution in [3.63, 3.8) is 0 Å². The second-order valence-corrected chi connectivity index (χ2v) is 3.06. The molecule has 2 N–H and O–H groups in total. The van der Waals surface area contributed by atoms with Crippen molar-refractivity contribution in [2.75, 3.05) is 0 Å². The van der Waals surface area contributed by atoms with Gasteiger partial charge in [0.15, 0.2) is 0 Å². The summed E-state index contributed by atoms with van der Waals surface area (Å²) >= 11 is 0. The summed E-state index contributed by atoms with van der Waals surface area (Å²) in [6, 6.07) is 0. The Labute approximate surface area is 81.7 Å². The molecule has 0 amide bonds. The van der Waals surface area contributed by atoms with Gasteiger partial charge in [0.2, 0.25) is 0 Å². The van der Waals surface area contributed by atoms with Crippen molar-refractivity contribution >= 4 is 17.7 Å². The number of aliphatic carboxylic acids is 2. The largest absolute Gasteiger partial charge is 0.481 e. The molecule has 0 saturated carbocycles. The zero-order valence-corrected chi connectivity index (χ0v) is 8.02. The third kappa shape index (κ3) is 4.02. The Hall–Kier alpha value is -1.39. The first-order valence-electron chi connectivity index (χ1n) is 4.50. The Morgan fingerprint density at radius 3 is 2.07 bits per heavy atom. The van der Waals surface area contributed by atoms with Crippen molar-refractivity contribution in [1.29, 1.82) is 0 Å². The molecule has 5 nitrogen and oxygen atoms in total. The molecule has 14 heavy (non-hydrogen) atoms. The highest BCUT2D eigenvalue weighted by atomic mass is 16.4. The molecule has 0 bridgehead atoms. The van der Waals surface area contributed by atoms with Crippen molar-refractivity contribution in [3.8, 4) is 0 Å². The molecule has 0 radical (unpaired) electrons. The monoisotopic (exact) mass is 202 g/mol. The minimum absolute atomic E-state index is 0.105. The third-order valence-electron chi connectivity index (χ3n) is 1.92. The highest BCUT2D eigenvalue weighted by Gasteiger charge is 2.30. The zero-order chi connectivity index (χ0) is 11.1. The predicted molar refractivity (Wildman–Crippen MR) is 47.9 cm³/mol. The van der Waals surface area contributed by atoms with Crippen LogP contribution in [0.5, 0.6) is 0 Å². The van der Waals surface area contributed by atoms with Crippen molar-refractivity contribution < 1.29 is 24.6 Å². The van der Waals surface area contributed by atoms with Gasteiger partial charge in [-0.3, -0.25) is 9.59 Å². The topological polar surface area (TPSA) is 91.7 Å². The van der Waals surface area contributed by atoms with E-state index in [1.54, 1.807) is 0 Å². The van der Waals surface area contributed by atoms with E-state index < -0.39 is 23.6 Å².